The molecule has 10 heteroatoms. The second kappa shape index (κ2) is 11.1. The second-order valence-corrected chi connectivity index (χ2v) is 11.7. The molecule has 1 saturated heterocycles. The molecule has 3 N–H and O–H groups in total. The lowest BCUT2D eigenvalue weighted by Crippen LogP contribution is -2.48. The molecule has 2 saturated carbocycles. The molecule has 212 valence electrons. The Bertz CT molecular complexity index is 1550. The van der Waals surface area contributed by atoms with Gasteiger partial charge in [0.25, 0.3) is 0 Å². The minimum Gasteiger partial charge on any atom is -0.369 e. The van der Waals surface area contributed by atoms with Crippen LogP contribution in [-0.4, -0.2) is 73.4 Å². The summed E-state index contributed by atoms with van der Waals surface area (Å²) in [6, 6.07) is 10.3. The van der Waals surface area contributed by atoms with Crippen LogP contribution < -0.4 is 10.6 Å². The van der Waals surface area contributed by atoms with E-state index in [1.165, 1.54) is 24.8 Å². The number of imidazole rings is 1. The third kappa shape index (κ3) is 5.74. The van der Waals surface area contributed by atoms with Gasteiger partial charge in [-0.3, -0.25) is 9.69 Å². The first kappa shape index (κ1) is 25.9. The van der Waals surface area contributed by atoms with Crippen LogP contribution in [0.1, 0.15) is 43.2 Å². The number of amides is 1. The summed E-state index contributed by atoms with van der Waals surface area (Å²) >= 11 is 0. The molecule has 1 amide bonds. The Labute approximate surface area is 240 Å². The summed E-state index contributed by atoms with van der Waals surface area (Å²) < 4.78 is 0. The van der Waals surface area contributed by atoms with Crippen LogP contribution in [0, 0.1) is 18.8 Å². The lowest BCUT2D eigenvalue weighted by atomic mass is 9.85. The van der Waals surface area contributed by atoms with E-state index in [1.807, 2.05) is 17.2 Å². The van der Waals surface area contributed by atoms with Gasteiger partial charge < -0.3 is 20.5 Å². The van der Waals surface area contributed by atoms with Crippen molar-refractivity contribution in [1.29, 1.82) is 0 Å². The summed E-state index contributed by atoms with van der Waals surface area (Å²) in [5.74, 6) is 3.72. The number of pyridine rings is 1. The minimum absolute atomic E-state index is 0.299. The highest BCUT2D eigenvalue weighted by Crippen LogP contribution is 2.32. The van der Waals surface area contributed by atoms with Crippen molar-refractivity contribution >= 4 is 34.5 Å². The summed E-state index contributed by atoms with van der Waals surface area (Å²) in [5, 5.41) is 6.88. The van der Waals surface area contributed by atoms with E-state index >= 15 is 0 Å². The molecule has 1 aromatic carbocycles. The van der Waals surface area contributed by atoms with Crippen molar-refractivity contribution in [3.05, 3.63) is 54.0 Å². The number of aromatic amines is 1. The van der Waals surface area contributed by atoms with Crippen LogP contribution >= 0.6 is 0 Å². The normalized spacial score (nSPS) is 17.9. The van der Waals surface area contributed by atoms with E-state index in [0.29, 0.717) is 17.8 Å². The van der Waals surface area contributed by atoms with Gasteiger partial charge in [0.15, 0.2) is 0 Å². The first-order valence-electron chi connectivity index (χ1n) is 14.9. The molecular formula is C31H37N9O. The highest BCUT2D eigenvalue weighted by atomic mass is 16.2. The van der Waals surface area contributed by atoms with Gasteiger partial charge in [-0.05, 0) is 68.4 Å². The van der Waals surface area contributed by atoms with E-state index in [4.69, 9.17) is 4.98 Å². The van der Waals surface area contributed by atoms with Crippen molar-refractivity contribution < 1.29 is 4.79 Å². The molecule has 4 aromatic rings. The van der Waals surface area contributed by atoms with Gasteiger partial charge in [0, 0.05) is 62.5 Å². The lowest BCUT2D eigenvalue weighted by molar-refractivity contribution is -0.134. The Morgan fingerprint density at radius 2 is 1.88 bits per heavy atom. The van der Waals surface area contributed by atoms with Crippen LogP contribution in [0.5, 0.6) is 0 Å². The highest BCUT2D eigenvalue weighted by Gasteiger charge is 2.34. The molecule has 0 bridgehead atoms. The highest BCUT2D eigenvalue weighted by molar-refractivity contribution is 5.84. The maximum Gasteiger partial charge on any atom is 0.225 e. The molecule has 0 spiro atoms. The predicted octanol–water partition coefficient (Wildman–Crippen LogP) is 4.73. The Hall–Kier alpha value is -4.05. The van der Waals surface area contributed by atoms with Gasteiger partial charge in [0.05, 0.1) is 16.7 Å². The molecule has 2 aliphatic carbocycles. The first-order valence-corrected chi connectivity index (χ1v) is 14.9. The van der Waals surface area contributed by atoms with Gasteiger partial charge in [-0.2, -0.15) is 0 Å². The van der Waals surface area contributed by atoms with Crippen molar-refractivity contribution in [2.24, 2.45) is 11.8 Å². The van der Waals surface area contributed by atoms with Gasteiger partial charge in [-0.15, -0.1) is 0 Å². The largest absolute Gasteiger partial charge is 0.369 e. The van der Waals surface area contributed by atoms with Crippen molar-refractivity contribution in [3.63, 3.8) is 0 Å². The number of rotatable bonds is 9. The van der Waals surface area contributed by atoms with Gasteiger partial charge in [0.1, 0.15) is 18.0 Å². The lowest BCUT2D eigenvalue weighted by Gasteiger charge is -2.34. The van der Waals surface area contributed by atoms with E-state index in [-0.39, 0.29) is 0 Å². The van der Waals surface area contributed by atoms with Crippen molar-refractivity contribution in [2.75, 3.05) is 43.4 Å². The maximum atomic E-state index is 12.4. The zero-order valence-corrected chi connectivity index (χ0v) is 23.6. The Morgan fingerprint density at radius 1 is 1.02 bits per heavy atom. The number of carbonyl (C=O) groups excluding carboxylic acids is 1. The molecule has 0 atom stereocenters. The predicted molar refractivity (Wildman–Crippen MR) is 160 cm³/mol. The van der Waals surface area contributed by atoms with Crippen molar-refractivity contribution in [1.82, 2.24) is 34.7 Å². The van der Waals surface area contributed by atoms with E-state index in [2.05, 4.69) is 66.7 Å². The third-order valence-electron chi connectivity index (χ3n) is 8.71. The third-order valence-corrected chi connectivity index (χ3v) is 8.71. The van der Waals surface area contributed by atoms with E-state index < -0.39 is 0 Å². The Balaban J connectivity index is 1.01. The summed E-state index contributed by atoms with van der Waals surface area (Å²) in [5.41, 5.74) is 6.00. The quantitative estimate of drug-likeness (QED) is 0.273. The minimum atomic E-state index is 0.299. The zero-order valence-electron chi connectivity index (χ0n) is 23.6. The molecule has 41 heavy (non-hydrogen) atoms. The molecule has 4 heterocycles. The molecule has 10 nitrogen and oxygen atoms in total. The van der Waals surface area contributed by atoms with Crippen LogP contribution in [0.25, 0.3) is 22.3 Å². The second-order valence-electron chi connectivity index (χ2n) is 11.7. The Kier molecular flexibility index (Phi) is 7.00. The van der Waals surface area contributed by atoms with Crippen molar-refractivity contribution in [3.8, 4) is 11.3 Å². The van der Waals surface area contributed by atoms with E-state index in [0.717, 1.165) is 97.5 Å². The molecule has 3 aromatic heterocycles. The number of anilines is 3. The fraction of sp³-hybridized carbons (Fsp3) is 0.452. The Morgan fingerprint density at radius 3 is 2.66 bits per heavy atom. The topological polar surface area (TPSA) is 115 Å². The van der Waals surface area contributed by atoms with Crippen molar-refractivity contribution in [2.45, 2.75) is 45.6 Å². The molecule has 0 radical (unpaired) electrons. The number of hydrogen-bond acceptors (Lipinski definition) is 8. The van der Waals surface area contributed by atoms with Crippen LogP contribution in [0.4, 0.5) is 17.6 Å². The monoisotopic (exact) mass is 551 g/mol. The summed E-state index contributed by atoms with van der Waals surface area (Å²) in [4.78, 5) is 38.6. The molecule has 1 aliphatic heterocycles. The summed E-state index contributed by atoms with van der Waals surface area (Å²) in [6.07, 6.45) is 9.55. The number of benzene rings is 1. The average molecular weight is 552 g/mol. The van der Waals surface area contributed by atoms with Gasteiger partial charge in [-0.1, -0.05) is 12.5 Å². The fourth-order valence-electron chi connectivity index (χ4n) is 5.81. The number of hydrogen-bond donors (Lipinski definition) is 3. The first-order chi connectivity index (χ1) is 20.1. The zero-order chi connectivity index (χ0) is 27.8. The number of fused-ring (bicyclic) bond motifs is 1. The molecule has 0 unspecified atom stereocenters. The van der Waals surface area contributed by atoms with E-state index in [1.54, 1.807) is 6.33 Å². The molecule has 3 fully saturated rings. The smallest absolute Gasteiger partial charge is 0.225 e. The van der Waals surface area contributed by atoms with Gasteiger partial charge >= 0.3 is 0 Å². The van der Waals surface area contributed by atoms with Crippen LogP contribution in [-0.2, 0) is 11.3 Å². The number of nitrogens with one attached hydrogen (secondary N) is 3. The standard InChI is InChI=1S/C31H37N9O/c1-20-28(34-19-35-29(20)33-17-21-3-2-4-21)24-7-8-25-26(16-24)37-31(36-25)38-27-15-22(9-10-32-27)18-39-11-13-40(14-12-39)30(41)23-5-6-23/h7-10,15-16,19,21,23H,2-6,11-14,17-18H2,1H3,(H,33,34,35)(H2,32,36,37,38). The molecular weight excluding hydrogens is 514 g/mol. The van der Waals surface area contributed by atoms with Crippen LogP contribution in [0.15, 0.2) is 42.9 Å². The summed E-state index contributed by atoms with van der Waals surface area (Å²) in [6.45, 7) is 7.33. The van der Waals surface area contributed by atoms with Gasteiger partial charge in [0.2, 0.25) is 11.9 Å². The maximum absolute atomic E-state index is 12.4. The number of nitrogens with zero attached hydrogens (tertiary/aromatic N) is 6. The van der Waals surface area contributed by atoms with Crippen LogP contribution in [0.3, 0.4) is 0 Å². The van der Waals surface area contributed by atoms with Crippen LogP contribution in [0.2, 0.25) is 0 Å². The number of carbonyl (C=O) groups is 1. The molecule has 3 aliphatic rings. The fourth-order valence-corrected chi connectivity index (χ4v) is 5.81. The van der Waals surface area contributed by atoms with E-state index in [9.17, 15) is 4.79 Å². The average Bonchev–Trinajstić information content (AvgIpc) is 3.73. The summed E-state index contributed by atoms with van der Waals surface area (Å²) in [7, 11) is 0. The SMILES string of the molecule is Cc1c(NCC2CCC2)ncnc1-c1ccc2nc(Nc3cc(CN4CCN(C(=O)C5CC5)CC4)ccn3)[nH]c2c1. The number of piperazine rings is 1. The molecule has 7 rings (SSSR count). The number of H-pyrrole nitrogens is 1. The number of aromatic nitrogens is 5. The van der Waals surface area contributed by atoms with Gasteiger partial charge in [-0.25, -0.2) is 19.9 Å².